The van der Waals surface area contributed by atoms with Crippen LogP contribution in [0.25, 0.3) is 0 Å². The average Bonchev–Trinajstić information content (AvgIpc) is 2.98. The highest BCUT2D eigenvalue weighted by atomic mass is 15.1. The molecule has 1 heterocycles. The molecule has 0 amide bonds. The molecule has 0 radical (unpaired) electrons. The van der Waals surface area contributed by atoms with Crippen molar-refractivity contribution in [2.24, 2.45) is 11.3 Å². The van der Waals surface area contributed by atoms with Crippen molar-refractivity contribution in [2.75, 3.05) is 6.54 Å². The molecule has 1 aromatic heterocycles. The van der Waals surface area contributed by atoms with Gasteiger partial charge in [0.05, 0.1) is 12.0 Å². The largest absolute Gasteiger partial charge is 0.330 e. The highest BCUT2D eigenvalue weighted by Crippen LogP contribution is 2.35. The SMILES string of the molecule is CC(CNCc1cncn1C1CC1)C(C)(C)C. The fourth-order valence-corrected chi connectivity index (χ4v) is 1.87. The fourth-order valence-electron chi connectivity index (χ4n) is 1.87. The molecule has 1 atom stereocenters. The molecule has 0 aromatic carbocycles. The molecule has 1 aliphatic rings. The lowest BCUT2D eigenvalue weighted by molar-refractivity contribution is 0.252. The topological polar surface area (TPSA) is 29.9 Å². The minimum absolute atomic E-state index is 0.379. The summed E-state index contributed by atoms with van der Waals surface area (Å²) in [5, 5.41) is 3.56. The third kappa shape index (κ3) is 3.32. The molecule has 3 heteroatoms. The van der Waals surface area contributed by atoms with Crippen LogP contribution in [-0.4, -0.2) is 16.1 Å². The molecule has 96 valence electrons. The summed E-state index contributed by atoms with van der Waals surface area (Å²) in [6.07, 6.45) is 6.61. The molecule has 0 spiro atoms. The molecule has 1 aliphatic carbocycles. The summed E-state index contributed by atoms with van der Waals surface area (Å²) in [5.41, 5.74) is 1.71. The number of nitrogens with zero attached hydrogens (tertiary/aromatic N) is 2. The van der Waals surface area contributed by atoms with E-state index in [0.29, 0.717) is 11.3 Å². The summed E-state index contributed by atoms with van der Waals surface area (Å²) < 4.78 is 2.33. The molecule has 1 unspecified atom stereocenters. The summed E-state index contributed by atoms with van der Waals surface area (Å²) in [7, 11) is 0. The monoisotopic (exact) mass is 235 g/mol. The van der Waals surface area contributed by atoms with Crippen molar-refractivity contribution < 1.29 is 0 Å². The van der Waals surface area contributed by atoms with Gasteiger partial charge in [-0.1, -0.05) is 27.7 Å². The second kappa shape index (κ2) is 4.81. The van der Waals surface area contributed by atoms with Crippen molar-refractivity contribution in [1.82, 2.24) is 14.9 Å². The fraction of sp³-hybridized carbons (Fsp3) is 0.786. The first kappa shape index (κ1) is 12.6. The summed E-state index contributed by atoms with van der Waals surface area (Å²) >= 11 is 0. The van der Waals surface area contributed by atoms with Crippen LogP contribution in [0.1, 0.15) is 52.3 Å². The Kier molecular flexibility index (Phi) is 3.57. The van der Waals surface area contributed by atoms with Gasteiger partial charge < -0.3 is 9.88 Å². The van der Waals surface area contributed by atoms with Gasteiger partial charge in [0, 0.05) is 18.8 Å². The molecule has 3 nitrogen and oxygen atoms in total. The highest BCUT2D eigenvalue weighted by Gasteiger charge is 2.25. The van der Waals surface area contributed by atoms with E-state index >= 15 is 0 Å². The Morgan fingerprint density at radius 1 is 1.47 bits per heavy atom. The summed E-state index contributed by atoms with van der Waals surface area (Å²) in [6.45, 7) is 11.2. The number of hydrogen-bond acceptors (Lipinski definition) is 2. The minimum Gasteiger partial charge on any atom is -0.330 e. The molecule has 2 rings (SSSR count). The lowest BCUT2D eigenvalue weighted by Crippen LogP contribution is -2.29. The predicted octanol–water partition coefficient (Wildman–Crippen LogP) is 2.99. The van der Waals surface area contributed by atoms with Gasteiger partial charge in [-0.25, -0.2) is 4.98 Å². The number of nitrogens with one attached hydrogen (secondary N) is 1. The highest BCUT2D eigenvalue weighted by molar-refractivity contribution is 5.03. The maximum absolute atomic E-state index is 4.25. The molecule has 17 heavy (non-hydrogen) atoms. The number of hydrogen-bond donors (Lipinski definition) is 1. The molecule has 0 aliphatic heterocycles. The standard InChI is InChI=1S/C14H25N3/c1-11(14(2,3)4)7-15-8-13-9-16-10-17(13)12-5-6-12/h9-12,15H,5-8H2,1-4H3. The van der Waals surface area contributed by atoms with E-state index in [-0.39, 0.29) is 0 Å². The Labute approximate surface area is 105 Å². The Morgan fingerprint density at radius 3 is 2.76 bits per heavy atom. The Morgan fingerprint density at radius 2 is 2.18 bits per heavy atom. The van der Waals surface area contributed by atoms with Crippen LogP contribution < -0.4 is 5.32 Å². The van der Waals surface area contributed by atoms with Crippen LogP contribution in [0.2, 0.25) is 0 Å². The van der Waals surface area contributed by atoms with E-state index in [9.17, 15) is 0 Å². The van der Waals surface area contributed by atoms with Gasteiger partial charge in [-0.2, -0.15) is 0 Å². The maximum atomic E-state index is 4.25. The Balaban J connectivity index is 1.80. The van der Waals surface area contributed by atoms with E-state index in [1.807, 2.05) is 12.5 Å². The van der Waals surface area contributed by atoms with Crippen LogP contribution in [0, 0.1) is 11.3 Å². The third-order valence-electron chi connectivity index (χ3n) is 3.92. The van der Waals surface area contributed by atoms with Crippen molar-refractivity contribution in [3.05, 3.63) is 18.2 Å². The Hall–Kier alpha value is -0.830. The lowest BCUT2D eigenvalue weighted by atomic mass is 9.82. The normalized spacial score (nSPS) is 18.4. The van der Waals surface area contributed by atoms with Gasteiger partial charge in [0.15, 0.2) is 0 Å². The average molecular weight is 235 g/mol. The quantitative estimate of drug-likeness (QED) is 0.850. The zero-order chi connectivity index (χ0) is 12.5. The number of aromatic nitrogens is 2. The van der Waals surface area contributed by atoms with E-state index in [0.717, 1.165) is 19.1 Å². The smallest absolute Gasteiger partial charge is 0.0951 e. The first-order valence-corrected chi connectivity index (χ1v) is 6.70. The molecule has 0 bridgehead atoms. The van der Waals surface area contributed by atoms with E-state index in [2.05, 4.69) is 42.6 Å². The molecular formula is C14H25N3. The van der Waals surface area contributed by atoms with E-state index in [4.69, 9.17) is 0 Å². The van der Waals surface area contributed by atoms with Crippen LogP contribution >= 0.6 is 0 Å². The zero-order valence-electron chi connectivity index (χ0n) is 11.5. The summed E-state index contributed by atoms with van der Waals surface area (Å²) in [6, 6.07) is 0.731. The van der Waals surface area contributed by atoms with Gasteiger partial charge in [0.1, 0.15) is 0 Å². The van der Waals surface area contributed by atoms with E-state index in [1.54, 1.807) is 0 Å². The van der Waals surface area contributed by atoms with Crippen LogP contribution in [0.3, 0.4) is 0 Å². The first-order valence-electron chi connectivity index (χ1n) is 6.70. The van der Waals surface area contributed by atoms with E-state index < -0.39 is 0 Å². The van der Waals surface area contributed by atoms with E-state index in [1.165, 1.54) is 18.5 Å². The van der Waals surface area contributed by atoms with Crippen molar-refractivity contribution >= 4 is 0 Å². The van der Waals surface area contributed by atoms with Crippen molar-refractivity contribution in [2.45, 2.75) is 53.1 Å². The van der Waals surface area contributed by atoms with Gasteiger partial charge >= 0.3 is 0 Å². The maximum Gasteiger partial charge on any atom is 0.0951 e. The van der Waals surface area contributed by atoms with Gasteiger partial charge in [-0.05, 0) is 30.7 Å². The summed E-state index contributed by atoms with van der Waals surface area (Å²) in [5.74, 6) is 0.680. The van der Waals surface area contributed by atoms with Crippen molar-refractivity contribution in [3.63, 3.8) is 0 Å². The van der Waals surface area contributed by atoms with Crippen molar-refractivity contribution in [3.8, 4) is 0 Å². The predicted molar refractivity (Wildman–Crippen MR) is 70.8 cm³/mol. The van der Waals surface area contributed by atoms with Gasteiger partial charge in [0.25, 0.3) is 0 Å². The minimum atomic E-state index is 0.379. The first-order chi connectivity index (χ1) is 7.98. The molecule has 0 saturated heterocycles. The molecule has 1 saturated carbocycles. The second-order valence-electron chi connectivity index (χ2n) is 6.42. The van der Waals surface area contributed by atoms with Gasteiger partial charge in [-0.3, -0.25) is 0 Å². The second-order valence-corrected chi connectivity index (χ2v) is 6.42. The van der Waals surface area contributed by atoms with Crippen LogP contribution in [0.15, 0.2) is 12.5 Å². The number of imidazole rings is 1. The van der Waals surface area contributed by atoms with Gasteiger partial charge in [-0.15, -0.1) is 0 Å². The summed E-state index contributed by atoms with van der Waals surface area (Å²) in [4.78, 5) is 4.25. The Bertz CT molecular complexity index is 358. The molecule has 1 aromatic rings. The number of rotatable bonds is 5. The molecule has 1 N–H and O–H groups in total. The van der Waals surface area contributed by atoms with Crippen LogP contribution in [0.4, 0.5) is 0 Å². The molecule has 1 fully saturated rings. The van der Waals surface area contributed by atoms with Crippen LogP contribution in [0.5, 0.6) is 0 Å². The van der Waals surface area contributed by atoms with Crippen LogP contribution in [-0.2, 0) is 6.54 Å². The van der Waals surface area contributed by atoms with Gasteiger partial charge in [0.2, 0.25) is 0 Å². The molecular weight excluding hydrogens is 210 g/mol. The zero-order valence-corrected chi connectivity index (χ0v) is 11.5. The third-order valence-corrected chi connectivity index (χ3v) is 3.92. The lowest BCUT2D eigenvalue weighted by Gasteiger charge is -2.27. The van der Waals surface area contributed by atoms with Crippen molar-refractivity contribution in [1.29, 1.82) is 0 Å².